The summed E-state index contributed by atoms with van der Waals surface area (Å²) in [5, 5.41) is 3.47. The molecule has 0 saturated carbocycles. The number of benzene rings is 2. The van der Waals surface area contributed by atoms with E-state index in [4.69, 9.17) is 0 Å². The largest absolute Gasteiger partial charge is 0.298 e. The van der Waals surface area contributed by atoms with Crippen LogP contribution in [0.5, 0.6) is 0 Å². The number of hydrogen-bond acceptors (Lipinski definition) is 2. The van der Waals surface area contributed by atoms with Gasteiger partial charge in [-0.3, -0.25) is 10.1 Å². The highest BCUT2D eigenvalue weighted by atomic mass is 16.1. The first-order valence-corrected chi connectivity index (χ1v) is 7.04. The van der Waals surface area contributed by atoms with E-state index >= 15 is 0 Å². The smallest absolute Gasteiger partial charge is 0.154 e. The molecule has 0 amide bonds. The minimum atomic E-state index is -0.600. The molecule has 0 heterocycles. The summed E-state index contributed by atoms with van der Waals surface area (Å²) in [6.07, 6.45) is 0.735. The second-order valence-electron chi connectivity index (χ2n) is 5.02. The van der Waals surface area contributed by atoms with Crippen LogP contribution in [0.4, 0.5) is 0 Å². The SMILES string of the molecule is CCC(NCc1ccccc1)(C(C)=O)c1ccccc1. The standard InChI is InChI=1S/C18H21NO/c1-3-18(15(2)20,17-12-8-5-9-13-17)19-14-16-10-6-4-7-11-16/h4-13,19H,3,14H2,1-2H3. The third-order valence-electron chi connectivity index (χ3n) is 3.84. The molecule has 0 bridgehead atoms. The summed E-state index contributed by atoms with van der Waals surface area (Å²) in [5.41, 5.74) is 1.62. The van der Waals surface area contributed by atoms with Gasteiger partial charge in [-0.25, -0.2) is 0 Å². The van der Waals surface area contributed by atoms with Gasteiger partial charge in [0.25, 0.3) is 0 Å². The first kappa shape index (κ1) is 14.5. The zero-order chi connectivity index (χ0) is 14.4. The first-order valence-electron chi connectivity index (χ1n) is 7.04. The van der Waals surface area contributed by atoms with Gasteiger partial charge in [0, 0.05) is 6.54 Å². The third-order valence-corrected chi connectivity index (χ3v) is 3.84. The van der Waals surface area contributed by atoms with Crippen LogP contribution >= 0.6 is 0 Å². The summed E-state index contributed by atoms with van der Waals surface area (Å²) < 4.78 is 0. The number of hydrogen-bond donors (Lipinski definition) is 1. The van der Waals surface area contributed by atoms with Crippen LogP contribution in [0.3, 0.4) is 0 Å². The van der Waals surface area contributed by atoms with Gasteiger partial charge in [-0.1, -0.05) is 67.6 Å². The topological polar surface area (TPSA) is 29.1 Å². The Morgan fingerprint density at radius 1 is 1.00 bits per heavy atom. The lowest BCUT2D eigenvalue weighted by Crippen LogP contribution is -2.47. The second-order valence-corrected chi connectivity index (χ2v) is 5.02. The van der Waals surface area contributed by atoms with Crippen LogP contribution < -0.4 is 5.32 Å². The van der Waals surface area contributed by atoms with Crippen molar-refractivity contribution < 1.29 is 4.79 Å². The minimum absolute atomic E-state index is 0.155. The second kappa shape index (κ2) is 6.49. The number of Topliss-reactive ketones (excluding diaryl/α,β-unsaturated/α-hetero) is 1. The Kier molecular flexibility index (Phi) is 4.70. The van der Waals surface area contributed by atoms with Crippen molar-refractivity contribution in [2.24, 2.45) is 0 Å². The van der Waals surface area contributed by atoms with Gasteiger partial charge in [0.2, 0.25) is 0 Å². The van der Waals surface area contributed by atoms with E-state index in [2.05, 4.69) is 17.4 Å². The maximum absolute atomic E-state index is 12.3. The van der Waals surface area contributed by atoms with Gasteiger partial charge in [-0.15, -0.1) is 0 Å². The summed E-state index contributed by atoms with van der Waals surface area (Å²) in [5.74, 6) is 0.155. The highest BCUT2D eigenvalue weighted by molar-refractivity contribution is 5.87. The van der Waals surface area contributed by atoms with E-state index in [0.717, 1.165) is 12.0 Å². The van der Waals surface area contributed by atoms with Crippen LogP contribution in [-0.2, 0) is 16.9 Å². The number of nitrogens with one attached hydrogen (secondary N) is 1. The Labute approximate surface area is 120 Å². The van der Waals surface area contributed by atoms with Crippen molar-refractivity contribution in [3.8, 4) is 0 Å². The Balaban J connectivity index is 2.26. The fourth-order valence-corrected chi connectivity index (χ4v) is 2.58. The lowest BCUT2D eigenvalue weighted by molar-refractivity contribution is -0.124. The summed E-state index contributed by atoms with van der Waals surface area (Å²) in [6, 6.07) is 20.1. The van der Waals surface area contributed by atoms with Crippen LogP contribution in [-0.4, -0.2) is 5.78 Å². The monoisotopic (exact) mass is 267 g/mol. The Hall–Kier alpha value is -1.93. The quantitative estimate of drug-likeness (QED) is 0.865. The predicted molar refractivity (Wildman–Crippen MR) is 82.4 cm³/mol. The van der Waals surface area contributed by atoms with Crippen molar-refractivity contribution >= 4 is 5.78 Å². The fourth-order valence-electron chi connectivity index (χ4n) is 2.58. The van der Waals surface area contributed by atoms with E-state index < -0.39 is 5.54 Å². The van der Waals surface area contributed by atoms with Crippen molar-refractivity contribution in [3.05, 3.63) is 71.8 Å². The molecule has 0 saturated heterocycles. The highest BCUT2D eigenvalue weighted by Gasteiger charge is 2.34. The Bertz CT molecular complexity index is 550. The van der Waals surface area contributed by atoms with Gasteiger partial charge in [0.05, 0.1) is 0 Å². The zero-order valence-electron chi connectivity index (χ0n) is 12.1. The molecule has 2 aromatic carbocycles. The molecule has 0 fully saturated rings. The van der Waals surface area contributed by atoms with Crippen molar-refractivity contribution in [2.75, 3.05) is 0 Å². The molecular formula is C18H21NO. The molecule has 2 rings (SSSR count). The molecule has 0 aliphatic rings. The van der Waals surface area contributed by atoms with Crippen LogP contribution in [0.15, 0.2) is 60.7 Å². The van der Waals surface area contributed by atoms with Crippen LogP contribution in [0.25, 0.3) is 0 Å². The summed E-state index contributed by atoms with van der Waals surface area (Å²) in [7, 11) is 0. The first-order chi connectivity index (χ1) is 9.69. The molecule has 2 heteroatoms. The molecule has 1 N–H and O–H groups in total. The summed E-state index contributed by atoms with van der Waals surface area (Å²) in [6.45, 7) is 4.39. The molecule has 2 nitrogen and oxygen atoms in total. The number of ketones is 1. The van der Waals surface area contributed by atoms with E-state index in [1.54, 1.807) is 6.92 Å². The van der Waals surface area contributed by atoms with E-state index in [-0.39, 0.29) is 5.78 Å². The van der Waals surface area contributed by atoms with Crippen molar-refractivity contribution in [2.45, 2.75) is 32.4 Å². The number of carbonyl (C=O) groups excluding carboxylic acids is 1. The van der Waals surface area contributed by atoms with Gasteiger partial charge in [-0.05, 0) is 24.5 Å². The van der Waals surface area contributed by atoms with E-state index in [0.29, 0.717) is 6.54 Å². The lowest BCUT2D eigenvalue weighted by atomic mass is 9.83. The molecular weight excluding hydrogens is 246 g/mol. The zero-order valence-corrected chi connectivity index (χ0v) is 12.1. The predicted octanol–water partition coefficient (Wildman–Crippen LogP) is 3.67. The summed E-state index contributed by atoms with van der Waals surface area (Å²) >= 11 is 0. The van der Waals surface area contributed by atoms with Crippen LogP contribution in [0.1, 0.15) is 31.4 Å². The van der Waals surface area contributed by atoms with Crippen LogP contribution in [0, 0.1) is 0 Å². The Morgan fingerprint density at radius 3 is 2.05 bits per heavy atom. The molecule has 104 valence electrons. The molecule has 1 unspecified atom stereocenters. The summed E-state index contributed by atoms with van der Waals surface area (Å²) in [4.78, 5) is 12.3. The normalized spacial score (nSPS) is 13.7. The van der Waals surface area contributed by atoms with Gasteiger partial charge < -0.3 is 0 Å². The number of carbonyl (C=O) groups is 1. The fraction of sp³-hybridized carbons (Fsp3) is 0.278. The molecule has 2 aromatic rings. The average molecular weight is 267 g/mol. The molecule has 0 aliphatic heterocycles. The van der Waals surface area contributed by atoms with Gasteiger partial charge in [-0.2, -0.15) is 0 Å². The van der Waals surface area contributed by atoms with E-state index in [9.17, 15) is 4.79 Å². The van der Waals surface area contributed by atoms with Crippen molar-refractivity contribution in [3.63, 3.8) is 0 Å². The molecule has 20 heavy (non-hydrogen) atoms. The minimum Gasteiger partial charge on any atom is -0.298 e. The van der Waals surface area contributed by atoms with Gasteiger partial charge in [0.15, 0.2) is 5.78 Å². The number of rotatable bonds is 6. The molecule has 0 spiro atoms. The van der Waals surface area contributed by atoms with E-state index in [1.807, 2.05) is 55.5 Å². The average Bonchev–Trinajstić information content (AvgIpc) is 2.50. The maximum Gasteiger partial charge on any atom is 0.154 e. The molecule has 0 aliphatic carbocycles. The molecule has 0 radical (unpaired) electrons. The Morgan fingerprint density at radius 2 is 1.55 bits per heavy atom. The third kappa shape index (κ3) is 2.97. The lowest BCUT2D eigenvalue weighted by Gasteiger charge is -2.32. The van der Waals surface area contributed by atoms with Gasteiger partial charge in [0.1, 0.15) is 5.54 Å². The highest BCUT2D eigenvalue weighted by Crippen LogP contribution is 2.26. The van der Waals surface area contributed by atoms with Crippen molar-refractivity contribution in [1.82, 2.24) is 5.32 Å². The molecule has 0 aromatic heterocycles. The maximum atomic E-state index is 12.3. The van der Waals surface area contributed by atoms with Crippen LogP contribution in [0.2, 0.25) is 0 Å². The molecule has 1 atom stereocenters. The van der Waals surface area contributed by atoms with Gasteiger partial charge >= 0.3 is 0 Å². The van der Waals surface area contributed by atoms with E-state index in [1.165, 1.54) is 5.56 Å². The van der Waals surface area contributed by atoms with Crippen molar-refractivity contribution in [1.29, 1.82) is 0 Å².